The first-order chi connectivity index (χ1) is 28.9. The first-order valence-corrected chi connectivity index (χ1v) is 25.3. The fraction of sp³-hybridized carbons (Fsp3) is 0.940. The Balaban J connectivity index is 2.12. The molecule has 1 heterocycles. The Labute approximate surface area is 363 Å². The predicted molar refractivity (Wildman–Crippen MR) is 243 cm³/mol. The fourth-order valence-electron chi connectivity index (χ4n) is 7.95. The number of ether oxygens (including phenoxy) is 4. The summed E-state index contributed by atoms with van der Waals surface area (Å²) >= 11 is 0. The molecular formula is C50H96O9. The molecule has 6 unspecified atom stereocenters. The molecule has 0 aromatic rings. The summed E-state index contributed by atoms with van der Waals surface area (Å²) in [5, 5.41) is 40.1. The highest BCUT2D eigenvalue weighted by atomic mass is 16.7. The van der Waals surface area contributed by atoms with Gasteiger partial charge in [0.15, 0.2) is 6.29 Å². The molecule has 4 N–H and O–H groups in total. The molecule has 9 heteroatoms. The molecule has 1 aliphatic rings. The van der Waals surface area contributed by atoms with Crippen molar-refractivity contribution in [2.45, 2.75) is 275 Å². The smallest absolute Gasteiger partial charge is 0.306 e. The highest BCUT2D eigenvalue weighted by molar-refractivity contribution is 5.69. The van der Waals surface area contributed by atoms with E-state index in [1.165, 1.54) is 167 Å². The van der Waals surface area contributed by atoms with Crippen molar-refractivity contribution < 1.29 is 44.2 Å². The molecule has 0 amide bonds. The van der Waals surface area contributed by atoms with E-state index in [2.05, 4.69) is 26.0 Å². The summed E-state index contributed by atoms with van der Waals surface area (Å²) in [6.45, 7) is 4.55. The van der Waals surface area contributed by atoms with Gasteiger partial charge in [-0.25, -0.2) is 0 Å². The van der Waals surface area contributed by atoms with Crippen molar-refractivity contribution in [2.24, 2.45) is 0 Å². The first-order valence-electron chi connectivity index (χ1n) is 25.3. The lowest BCUT2D eigenvalue weighted by molar-refractivity contribution is -0.305. The SMILES string of the molecule is CCCC/C=C\CCCCCCCC(=O)OC(COCCCCCCCCCCCCCCCCCCCCCCCCCCC)COC1OC(CO)C(O)C(O)C1O. The van der Waals surface area contributed by atoms with Crippen molar-refractivity contribution in [1.82, 2.24) is 0 Å². The normalized spacial score (nSPS) is 20.1. The van der Waals surface area contributed by atoms with Crippen LogP contribution in [-0.2, 0) is 23.7 Å². The third-order valence-corrected chi connectivity index (χ3v) is 11.9. The zero-order valence-electron chi connectivity index (χ0n) is 38.5. The average Bonchev–Trinajstić information content (AvgIpc) is 3.24. The van der Waals surface area contributed by atoms with Gasteiger partial charge in [0.25, 0.3) is 0 Å². The highest BCUT2D eigenvalue weighted by Crippen LogP contribution is 2.23. The number of carbonyl (C=O) groups is 1. The van der Waals surface area contributed by atoms with Crippen LogP contribution in [0.1, 0.15) is 239 Å². The predicted octanol–water partition coefficient (Wildman–Crippen LogP) is 12.0. The van der Waals surface area contributed by atoms with Crippen molar-refractivity contribution in [2.75, 3.05) is 26.4 Å². The molecule has 9 nitrogen and oxygen atoms in total. The van der Waals surface area contributed by atoms with Gasteiger partial charge in [0, 0.05) is 13.0 Å². The molecule has 0 spiro atoms. The van der Waals surface area contributed by atoms with Crippen LogP contribution >= 0.6 is 0 Å². The summed E-state index contributed by atoms with van der Waals surface area (Å²) in [5.74, 6) is -0.320. The zero-order valence-corrected chi connectivity index (χ0v) is 38.5. The highest BCUT2D eigenvalue weighted by Gasteiger charge is 2.44. The Kier molecular flexibility index (Phi) is 40.1. The van der Waals surface area contributed by atoms with Gasteiger partial charge in [-0.1, -0.05) is 212 Å². The van der Waals surface area contributed by atoms with E-state index >= 15 is 0 Å². The molecule has 1 fully saturated rings. The fourth-order valence-corrected chi connectivity index (χ4v) is 7.95. The second-order valence-corrected chi connectivity index (χ2v) is 17.6. The summed E-state index contributed by atoms with van der Waals surface area (Å²) in [4.78, 5) is 12.7. The van der Waals surface area contributed by atoms with Gasteiger partial charge in [-0.05, 0) is 32.1 Å². The van der Waals surface area contributed by atoms with Gasteiger partial charge in [-0.2, -0.15) is 0 Å². The van der Waals surface area contributed by atoms with Gasteiger partial charge >= 0.3 is 5.97 Å². The number of esters is 1. The number of aliphatic hydroxyl groups is 4. The number of hydrogen-bond acceptors (Lipinski definition) is 9. The summed E-state index contributed by atoms with van der Waals surface area (Å²) in [6.07, 6.45) is 41.2. The lowest BCUT2D eigenvalue weighted by Crippen LogP contribution is -2.59. The van der Waals surface area contributed by atoms with Crippen molar-refractivity contribution in [3.63, 3.8) is 0 Å². The van der Waals surface area contributed by atoms with Gasteiger partial charge in [-0.15, -0.1) is 0 Å². The van der Waals surface area contributed by atoms with E-state index in [0.717, 1.165) is 51.4 Å². The van der Waals surface area contributed by atoms with Gasteiger partial charge in [-0.3, -0.25) is 4.79 Å². The van der Waals surface area contributed by atoms with E-state index in [1.54, 1.807) is 0 Å². The molecule has 1 saturated heterocycles. The minimum absolute atomic E-state index is 0.111. The van der Waals surface area contributed by atoms with Crippen molar-refractivity contribution in [3.05, 3.63) is 12.2 Å². The topological polar surface area (TPSA) is 135 Å². The molecule has 1 rings (SSSR count). The Morgan fingerprint density at radius 1 is 0.525 bits per heavy atom. The van der Waals surface area contributed by atoms with E-state index in [0.29, 0.717) is 13.0 Å². The first kappa shape index (κ1) is 55.9. The Hall–Kier alpha value is -1.07. The summed E-state index contributed by atoms with van der Waals surface area (Å²) in [5.41, 5.74) is 0. The Morgan fingerprint density at radius 2 is 0.949 bits per heavy atom. The number of rotatable bonds is 44. The van der Waals surface area contributed by atoms with Crippen LogP contribution in [0, 0.1) is 0 Å². The Bertz CT molecular complexity index is 915. The maximum Gasteiger partial charge on any atom is 0.306 e. The van der Waals surface area contributed by atoms with Crippen LogP contribution in [0.2, 0.25) is 0 Å². The van der Waals surface area contributed by atoms with E-state index in [9.17, 15) is 25.2 Å². The lowest BCUT2D eigenvalue weighted by atomic mass is 9.99. The summed E-state index contributed by atoms with van der Waals surface area (Å²) in [7, 11) is 0. The standard InChI is InChI=1S/C50H96O9/c1-3-5-7-9-11-13-15-16-17-18-19-20-21-22-23-24-25-26-27-28-30-32-34-36-38-40-56-42-44(43-57-50-49(55)48(54)47(53)45(41-51)59-50)58-46(52)39-37-35-33-31-29-14-12-10-8-6-4-2/h10,12,44-45,47-51,53-55H,3-9,11,13-43H2,1-2H3/b12-10-. The third-order valence-electron chi connectivity index (χ3n) is 11.9. The van der Waals surface area contributed by atoms with Crippen LogP contribution in [-0.4, -0.2) is 89.6 Å². The minimum Gasteiger partial charge on any atom is -0.457 e. The quantitative estimate of drug-likeness (QED) is 0.0269. The molecule has 6 atom stereocenters. The number of allylic oxidation sites excluding steroid dienone is 2. The van der Waals surface area contributed by atoms with Crippen LogP contribution < -0.4 is 0 Å². The molecule has 0 radical (unpaired) electrons. The van der Waals surface area contributed by atoms with E-state index in [-0.39, 0.29) is 19.2 Å². The molecule has 0 aromatic heterocycles. The monoisotopic (exact) mass is 841 g/mol. The van der Waals surface area contributed by atoms with Crippen LogP contribution in [0.5, 0.6) is 0 Å². The van der Waals surface area contributed by atoms with Crippen LogP contribution in [0.4, 0.5) is 0 Å². The molecule has 0 aromatic carbocycles. The van der Waals surface area contributed by atoms with Gasteiger partial charge < -0.3 is 39.4 Å². The average molecular weight is 841 g/mol. The number of aliphatic hydroxyl groups excluding tert-OH is 4. The van der Waals surface area contributed by atoms with E-state index < -0.39 is 43.4 Å². The molecule has 350 valence electrons. The van der Waals surface area contributed by atoms with E-state index in [4.69, 9.17) is 18.9 Å². The van der Waals surface area contributed by atoms with Crippen LogP contribution in [0.15, 0.2) is 12.2 Å². The van der Waals surface area contributed by atoms with Crippen molar-refractivity contribution in [3.8, 4) is 0 Å². The molecular weight excluding hydrogens is 745 g/mol. The molecule has 59 heavy (non-hydrogen) atoms. The van der Waals surface area contributed by atoms with E-state index in [1.807, 2.05) is 0 Å². The summed E-state index contributed by atoms with van der Waals surface area (Å²) < 4.78 is 22.8. The van der Waals surface area contributed by atoms with Crippen LogP contribution in [0.25, 0.3) is 0 Å². The maximum absolute atomic E-state index is 12.7. The van der Waals surface area contributed by atoms with Crippen molar-refractivity contribution in [1.29, 1.82) is 0 Å². The number of unbranched alkanes of at least 4 members (excludes halogenated alkanes) is 31. The Morgan fingerprint density at radius 3 is 1.42 bits per heavy atom. The molecule has 1 aliphatic heterocycles. The zero-order chi connectivity index (χ0) is 42.9. The largest absolute Gasteiger partial charge is 0.457 e. The molecule has 0 bridgehead atoms. The molecule has 0 aliphatic carbocycles. The van der Waals surface area contributed by atoms with Gasteiger partial charge in [0.2, 0.25) is 0 Å². The second-order valence-electron chi connectivity index (χ2n) is 17.6. The van der Waals surface area contributed by atoms with Crippen molar-refractivity contribution >= 4 is 5.97 Å². The second kappa shape index (κ2) is 42.2. The summed E-state index contributed by atoms with van der Waals surface area (Å²) in [6, 6.07) is 0. The third kappa shape index (κ3) is 33.2. The van der Waals surface area contributed by atoms with Gasteiger partial charge in [0.1, 0.15) is 30.5 Å². The van der Waals surface area contributed by atoms with Gasteiger partial charge in [0.05, 0.1) is 19.8 Å². The lowest BCUT2D eigenvalue weighted by Gasteiger charge is -2.39. The number of hydrogen-bond donors (Lipinski definition) is 4. The minimum atomic E-state index is -1.53. The maximum atomic E-state index is 12.7. The number of carbonyl (C=O) groups excluding carboxylic acids is 1. The van der Waals surface area contributed by atoms with Crippen LogP contribution in [0.3, 0.4) is 0 Å². The molecule has 0 saturated carbocycles.